The molecule has 150 valence electrons. The zero-order valence-corrected chi connectivity index (χ0v) is 17.9. The lowest BCUT2D eigenvalue weighted by Crippen LogP contribution is -2.29. The summed E-state index contributed by atoms with van der Waals surface area (Å²) < 4.78 is 2.32. The minimum absolute atomic E-state index is 0.176. The molecule has 2 heterocycles. The van der Waals surface area contributed by atoms with Crippen molar-refractivity contribution in [1.82, 2.24) is 9.55 Å². The highest BCUT2D eigenvalue weighted by Gasteiger charge is 2.28. The van der Waals surface area contributed by atoms with Crippen molar-refractivity contribution in [3.63, 3.8) is 0 Å². The molecular formula is C28H25BN2. The van der Waals surface area contributed by atoms with Gasteiger partial charge in [-0.1, -0.05) is 92.8 Å². The number of aromatic nitrogens is 2. The van der Waals surface area contributed by atoms with Gasteiger partial charge in [0.15, 0.2) is 0 Å². The van der Waals surface area contributed by atoms with E-state index in [-0.39, 0.29) is 5.31 Å². The molecule has 0 unspecified atom stereocenters. The number of fused-ring (bicyclic) bond motifs is 5. The monoisotopic (exact) mass is 400 g/mol. The van der Waals surface area contributed by atoms with E-state index in [4.69, 9.17) is 12.8 Å². The molecule has 2 aromatic heterocycles. The van der Waals surface area contributed by atoms with Gasteiger partial charge < -0.3 is 4.57 Å². The third kappa shape index (κ3) is 2.83. The normalized spacial score (nSPS) is 16.3. The van der Waals surface area contributed by atoms with Gasteiger partial charge in [0, 0.05) is 35.0 Å². The van der Waals surface area contributed by atoms with Crippen molar-refractivity contribution in [3.05, 3.63) is 78.5 Å². The van der Waals surface area contributed by atoms with Crippen LogP contribution in [0.5, 0.6) is 0 Å². The van der Waals surface area contributed by atoms with Crippen LogP contribution in [0.4, 0.5) is 0 Å². The summed E-state index contributed by atoms with van der Waals surface area (Å²) in [6.07, 6.45) is 7.86. The van der Waals surface area contributed by atoms with E-state index < -0.39 is 0 Å². The van der Waals surface area contributed by atoms with Crippen LogP contribution < -0.4 is 0 Å². The van der Waals surface area contributed by atoms with E-state index in [0.29, 0.717) is 0 Å². The van der Waals surface area contributed by atoms with Crippen LogP contribution in [-0.4, -0.2) is 17.4 Å². The summed E-state index contributed by atoms with van der Waals surface area (Å²) in [6, 6.07) is 24.0. The lowest BCUT2D eigenvalue weighted by atomic mass is 9.56. The molecule has 3 aromatic carbocycles. The van der Waals surface area contributed by atoms with Crippen LogP contribution in [0.1, 0.15) is 37.7 Å². The minimum Gasteiger partial charge on any atom is -0.341 e. The lowest BCUT2D eigenvalue weighted by molar-refractivity contribution is 0.398. The fraction of sp³-hybridized carbons (Fsp3) is 0.250. The topological polar surface area (TPSA) is 17.8 Å². The maximum atomic E-state index is 6.85. The molecule has 1 aliphatic carbocycles. The Hall–Kier alpha value is -3.07. The smallest absolute Gasteiger partial charge is 0.0945 e. The number of hydrogen-bond donors (Lipinski definition) is 0. The Labute approximate surface area is 184 Å². The first-order valence-electron chi connectivity index (χ1n) is 11.3. The predicted octanol–water partition coefficient (Wildman–Crippen LogP) is 6.87. The first-order chi connectivity index (χ1) is 15.2. The van der Waals surface area contributed by atoms with Crippen molar-refractivity contribution in [3.8, 4) is 11.3 Å². The van der Waals surface area contributed by atoms with Crippen LogP contribution in [-0.2, 0) is 12.4 Å². The summed E-state index contributed by atoms with van der Waals surface area (Å²) in [5.41, 5.74) is 5.91. The second-order valence-corrected chi connectivity index (χ2v) is 9.10. The van der Waals surface area contributed by atoms with Crippen molar-refractivity contribution in [1.29, 1.82) is 0 Å². The van der Waals surface area contributed by atoms with Gasteiger partial charge in [0.05, 0.1) is 24.6 Å². The van der Waals surface area contributed by atoms with E-state index in [1.54, 1.807) is 0 Å². The molecule has 0 spiro atoms. The van der Waals surface area contributed by atoms with E-state index in [2.05, 4.69) is 72.3 Å². The van der Waals surface area contributed by atoms with Crippen LogP contribution >= 0.6 is 0 Å². The molecule has 2 radical (unpaired) electrons. The molecule has 0 bridgehead atoms. The van der Waals surface area contributed by atoms with Gasteiger partial charge in [-0.25, -0.2) is 0 Å². The molecule has 5 aromatic rings. The van der Waals surface area contributed by atoms with Crippen molar-refractivity contribution >= 4 is 40.4 Å². The summed E-state index contributed by atoms with van der Waals surface area (Å²) in [4.78, 5) is 4.76. The third-order valence-corrected chi connectivity index (χ3v) is 7.24. The van der Waals surface area contributed by atoms with Crippen LogP contribution in [0, 0.1) is 0 Å². The summed E-state index contributed by atoms with van der Waals surface area (Å²) in [5.74, 6) is 0. The molecule has 1 fully saturated rings. The molecule has 3 heteroatoms. The molecule has 0 aliphatic heterocycles. The Balaban J connectivity index is 1.61. The molecular weight excluding hydrogens is 375 g/mol. The van der Waals surface area contributed by atoms with Gasteiger partial charge in [0.1, 0.15) is 0 Å². The highest BCUT2D eigenvalue weighted by molar-refractivity contribution is 6.20. The van der Waals surface area contributed by atoms with Crippen molar-refractivity contribution in [2.75, 3.05) is 0 Å². The molecule has 0 N–H and O–H groups in total. The number of hydrogen-bond acceptors (Lipinski definition) is 1. The van der Waals surface area contributed by atoms with E-state index in [1.807, 2.05) is 12.3 Å². The predicted molar refractivity (Wildman–Crippen MR) is 132 cm³/mol. The molecule has 31 heavy (non-hydrogen) atoms. The zero-order chi connectivity index (χ0) is 21.0. The molecule has 1 aliphatic rings. The van der Waals surface area contributed by atoms with Crippen molar-refractivity contribution < 1.29 is 0 Å². The fourth-order valence-electron chi connectivity index (χ4n) is 5.60. The number of pyridine rings is 1. The van der Waals surface area contributed by atoms with Crippen molar-refractivity contribution in [2.45, 2.75) is 37.4 Å². The largest absolute Gasteiger partial charge is 0.341 e. The molecule has 0 amide bonds. The quantitative estimate of drug-likeness (QED) is 0.296. The number of nitrogens with zero attached hydrogens (tertiary/aromatic N) is 2. The first kappa shape index (κ1) is 18.7. The number of benzene rings is 3. The Bertz CT molecular complexity index is 1430. The second-order valence-electron chi connectivity index (χ2n) is 9.10. The van der Waals surface area contributed by atoms with Gasteiger partial charge in [0.25, 0.3) is 0 Å². The third-order valence-electron chi connectivity index (χ3n) is 7.24. The molecule has 2 nitrogen and oxygen atoms in total. The van der Waals surface area contributed by atoms with E-state index >= 15 is 0 Å². The van der Waals surface area contributed by atoms with Gasteiger partial charge in [-0.2, -0.15) is 0 Å². The minimum atomic E-state index is -0.176. The summed E-state index contributed by atoms with van der Waals surface area (Å²) in [6.45, 7) is 0. The average Bonchev–Trinajstić information content (AvgIpc) is 3.12. The van der Waals surface area contributed by atoms with Gasteiger partial charge in [-0.05, 0) is 22.3 Å². The summed E-state index contributed by atoms with van der Waals surface area (Å²) in [7, 11) is 9.01. The van der Waals surface area contributed by atoms with Gasteiger partial charge in [0.2, 0.25) is 0 Å². The van der Waals surface area contributed by atoms with E-state index in [0.717, 1.165) is 24.1 Å². The lowest BCUT2D eigenvalue weighted by Gasteiger charge is -2.35. The number of aryl methyl sites for hydroxylation is 1. The summed E-state index contributed by atoms with van der Waals surface area (Å²) >= 11 is 0. The maximum absolute atomic E-state index is 6.85. The SMILES string of the molecule is [B]C1(c2ccc3c(ccc4c5ccnc(-c6ccccc6)c5n(C)c34)c2)CCCCC1. The Kier molecular flexibility index (Phi) is 4.21. The Morgan fingerprint density at radius 2 is 1.55 bits per heavy atom. The highest BCUT2D eigenvalue weighted by Crippen LogP contribution is 2.40. The zero-order valence-electron chi connectivity index (χ0n) is 17.9. The first-order valence-corrected chi connectivity index (χ1v) is 11.3. The second kappa shape index (κ2) is 6.98. The molecule has 0 saturated heterocycles. The number of rotatable bonds is 2. The Morgan fingerprint density at radius 3 is 2.35 bits per heavy atom. The average molecular weight is 400 g/mol. The van der Waals surface area contributed by atoms with Crippen LogP contribution in [0.15, 0.2) is 72.9 Å². The standard InChI is InChI=1S/C28H25BN2/c1-31-26-22-13-11-21(28(29)15-6-3-7-16-28)18-20(22)10-12-23(26)24-14-17-30-25(27(24)31)19-8-4-2-5-9-19/h2,4-5,8-14,17-18H,3,6-7,15-16H2,1H3. The fourth-order valence-corrected chi connectivity index (χ4v) is 5.60. The molecule has 6 rings (SSSR count). The Morgan fingerprint density at radius 1 is 0.806 bits per heavy atom. The highest BCUT2D eigenvalue weighted by atomic mass is 15.0. The summed E-state index contributed by atoms with van der Waals surface area (Å²) in [5, 5.41) is 4.89. The van der Waals surface area contributed by atoms with Crippen LogP contribution in [0.25, 0.3) is 43.8 Å². The van der Waals surface area contributed by atoms with Crippen LogP contribution in [0.2, 0.25) is 0 Å². The molecule has 1 saturated carbocycles. The van der Waals surface area contributed by atoms with Gasteiger partial charge in [-0.15, -0.1) is 0 Å². The van der Waals surface area contributed by atoms with Gasteiger partial charge >= 0.3 is 0 Å². The van der Waals surface area contributed by atoms with Crippen molar-refractivity contribution in [2.24, 2.45) is 7.05 Å². The van der Waals surface area contributed by atoms with Crippen LogP contribution in [0.3, 0.4) is 0 Å². The van der Waals surface area contributed by atoms with E-state index in [1.165, 1.54) is 57.4 Å². The van der Waals surface area contributed by atoms with E-state index in [9.17, 15) is 0 Å². The molecule has 0 atom stereocenters. The van der Waals surface area contributed by atoms with Gasteiger partial charge in [-0.3, -0.25) is 4.98 Å². The maximum Gasteiger partial charge on any atom is 0.0945 e.